The van der Waals surface area contributed by atoms with Crippen LogP contribution in [0.2, 0.25) is 0 Å². The van der Waals surface area contributed by atoms with Crippen LogP contribution in [0.1, 0.15) is 30.6 Å². The number of carbonyl (C=O) groups excluding carboxylic acids is 1. The van der Waals surface area contributed by atoms with Gasteiger partial charge in [0, 0.05) is 18.2 Å². The number of nitrogens with two attached hydrogens (primary N) is 1. The van der Waals surface area contributed by atoms with Gasteiger partial charge in [-0.25, -0.2) is 9.18 Å². The molecule has 1 unspecified atom stereocenters. The summed E-state index contributed by atoms with van der Waals surface area (Å²) in [7, 11) is 0. The third-order valence-electron chi connectivity index (χ3n) is 2.76. The third kappa shape index (κ3) is 4.33. The third-order valence-corrected chi connectivity index (χ3v) is 2.76. The van der Waals surface area contributed by atoms with Gasteiger partial charge in [0.05, 0.1) is 5.56 Å². The zero-order valence-corrected chi connectivity index (χ0v) is 10.8. The number of carboxylic acids is 1. The summed E-state index contributed by atoms with van der Waals surface area (Å²) in [5, 5.41) is 11.3. The number of benzene rings is 1. The van der Waals surface area contributed by atoms with Crippen molar-refractivity contribution >= 4 is 17.6 Å². The van der Waals surface area contributed by atoms with Crippen molar-refractivity contribution in [3.8, 4) is 0 Å². The Morgan fingerprint density at radius 3 is 2.58 bits per heavy atom. The molecule has 5 nitrogen and oxygen atoms in total. The Bertz CT molecular complexity index is 489. The average molecular weight is 268 g/mol. The van der Waals surface area contributed by atoms with Crippen molar-refractivity contribution in [2.45, 2.75) is 26.3 Å². The first-order valence-electron chi connectivity index (χ1n) is 5.89. The number of anilines is 1. The number of halogens is 1. The monoisotopic (exact) mass is 268 g/mol. The largest absolute Gasteiger partial charge is 0.478 e. The van der Waals surface area contributed by atoms with E-state index in [1.165, 1.54) is 6.07 Å². The minimum absolute atomic E-state index is 0.122. The van der Waals surface area contributed by atoms with E-state index in [1.54, 1.807) is 0 Å². The van der Waals surface area contributed by atoms with E-state index < -0.39 is 17.3 Å². The summed E-state index contributed by atoms with van der Waals surface area (Å²) in [5.41, 5.74) is 5.51. The molecule has 1 aromatic carbocycles. The fourth-order valence-electron chi connectivity index (χ4n) is 1.43. The van der Waals surface area contributed by atoms with E-state index in [0.717, 1.165) is 12.1 Å². The molecule has 104 valence electrons. The van der Waals surface area contributed by atoms with Gasteiger partial charge in [-0.05, 0) is 24.1 Å². The van der Waals surface area contributed by atoms with Crippen LogP contribution in [0.25, 0.3) is 0 Å². The molecule has 0 radical (unpaired) electrons. The van der Waals surface area contributed by atoms with E-state index in [4.69, 9.17) is 10.8 Å². The topological polar surface area (TPSA) is 92.4 Å². The van der Waals surface area contributed by atoms with Crippen molar-refractivity contribution in [3.05, 3.63) is 29.6 Å². The zero-order chi connectivity index (χ0) is 14.6. The molecule has 0 aliphatic carbocycles. The van der Waals surface area contributed by atoms with Crippen LogP contribution in [-0.2, 0) is 4.79 Å². The lowest BCUT2D eigenvalue weighted by molar-refractivity contribution is -0.116. The second kappa shape index (κ2) is 6.29. The zero-order valence-electron chi connectivity index (χ0n) is 10.8. The van der Waals surface area contributed by atoms with E-state index in [0.29, 0.717) is 0 Å². The minimum atomic E-state index is -1.38. The number of aromatic carboxylic acids is 1. The van der Waals surface area contributed by atoms with Gasteiger partial charge in [0.1, 0.15) is 5.82 Å². The molecule has 1 aromatic rings. The first-order valence-corrected chi connectivity index (χ1v) is 5.89. The molecule has 0 bridgehead atoms. The fraction of sp³-hybridized carbons (Fsp3) is 0.385. The van der Waals surface area contributed by atoms with Crippen LogP contribution < -0.4 is 11.1 Å². The maximum Gasteiger partial charge on any atom is 0.338 e. The molecular formula is C13H17FN2O3. The number of amides is 1. The van der Waals surface area contributed by atoms with Crippen molar-refractivity contribution in [2.75, 3.05) is 5.32 Å². The standard InChI is InChI=1S/C13H17FN2O3/c1-7(2)11(15)6-12(17)16-8-3-4-10(14)9(5-8)13(18)19/h3-5,7,11H,6,15H2,1-2H3,(H,16,17)(H,18,19). The van der Waals surface area contributed by atoms with Crippen molar-refractivity contribution in [3.63, 3.8) is 0 Å². The summed E-state index contributed by atoms with van der Waals surface area (Å²) in [6.45, 7) is 3.80. The number of hydrogen-bond donors (Lipinski definition) is 3. The summed E-state index contributed by atoms with van der Waals surface area (Å²) in [6, 6.07) is 3.11. The molecule has 0 heterocycles. The lowest BCUT2D eigenvalue weighted by Crippen LogP contribution is -2.31. The van der Waals surface area contributed by atoms with Crippen LogP contribution in [0.3, 0.4) is 0 Å². The van der Waals surface area contributed by atoms with Gasteiger partial charge in [0.25, 0.3) is 0 Å². The van der Waals surface area contributed by atoms with Crippen LogP contribution in [0.15, 0.2) is 18.2 Å². The van der Waals surface area contributed by atoms with E-state index in [-0.39, 0.29) is 30.0 Å². The minimum Gasteiger partial charge on any atom is -0.478 e. The molecule has 4 N–H and O–H groups in total. The molecule has 0 fully saturated rings. The van der Waals surface area contributed by atoms with Crippen LogP contribution in [-0.4, -0.2) is 23.0 Å². The van der Waals surface area contributed by atoms with Crippen LogP contribution in [0, 0.1) is 11.7 Å². The Labute approximate surface area is 110 Å². The predicted octanol–water partition coefficient (Wildman–Crippen LogP) is 1.84. The van der Waals surface area contributed by atoms with Gasteiger partial charge < -0.3 is 16.2 Å². The molecule has 0 aliphatic rings. The quantitative estimate of drug-likeness (QED) is 0.759. The van der Waals surface area contributed by atoms with Gasteiger partial charge in [0.15, 0.2) is 0 Å². The second-order valence-electron chi connectivity index (χ2n) is 4.66. The Hall–Kier alpha value is -1.95. The second-order valence-corrected chi connectivity index (χ2v) is 4.66. The van der Waals surface area contributed by atoms with Crippen LogP contribution >= 0.6 is 0 Å². The molecule has 1 rings (SSSR count). The highest BCUT2D eigenvalue weighted by molar-refractivity contribution is 5.94. The van der Waals surface area contributed by atoms with Crippen molar-refractivity contribution in [1.29, 1.82) is 0 Å². The smallest absolute Gasteiger partial charge is 0.338 e. The molecule has 1 atom stereocenters. The number of carboxylic acid groups (broad SMARTS) is 1. The van der Waals surface area contributed by atoms with E-state index in [1.807, 2.05) is 13.8 Å². The maximum atomic E-state index is 13.2. The molecule has 19 heavy (non-hydrogen) atoms. The highest BCUT2D eigenvalue weighted by Crippen LogP contribution is 2.15. The Kier molecular flexibility index (Phi) is 5.00. The molecule has 0 saturated heterocycles. The van der Waals surface area contributed by atoms with Gasteiger partial charge in [-0.1, -0.05) is 13.8 Å². The van der Waals surface area contributed by atoms with Gasteiger partial charge in [-0.2, -0.15) is 0 Å². The number of rotatable bonds is 5. The SMILES string of the molecule is CC(C)C(N)CC(=O)Nc1ccc(F)c(C(=O)O)c1. The van der Waals surface area contributed by atoms with E-state index in [2.05, 4.69) is 5.32 Å². The van der Waals surface area contributed by atoms with Gasteiger partial charge in [-0.15, -0.1) is 0 Å². The predicted molar refractivity (Wildman–Crippen MR) is 69.4 cm³/mol. The van der Waals surface area contributed by atoms with Crippen LogP contribution in [0.4, 0.5) is 10.1 Å². The average Bonchev–Trinajstić information content (AvgIpc) is 2.30. The highest BCUT2D eigenvalue weighted by atomic mass is 19.1. The van der Waals surface area contributed by atoms with Crippen LogP contribution in [0.5, 0.6) is 0 Å². The molecule has 0 spiro atoms. The van der Waals surface area contributed by atoms with Gasteiger partial charge >= 0.3 is 5.97 Å². The first kappa shape index (κ1) is 15.1. The summed E-state index contributed by atoms with van der Waals surface area (Å²) in [4.78, 5) is 22.4. The van der Waals surface area contributed by atoms with E-state index in [9.17, 15) is 14.0 Å². The normalized spacial score (nSPS) is 12.3. The number of nitrogens with one attached hydrogen (secondary N) is 1. The Morgan fingerprint density at radius 2 is 2.05 bits per heavy atom. The summed E-state index contributed by atoms with van der Waals surface area (Å²) < 4.78 is 13.2. The molecule has 6 heteroatoms. The highest BCUT2D eigenvalue weighted by Gasteiger charge is 2.15. The molecular weight excluding hydrogens is 251 g/mol. The van der Waals surface area contributed by atoms with E-state index >= 15 is 0 Å². The number of carbonyl (C=O) groups is 2. The molecule has 0 aromatic heterocycles. The van der Waals surface area contributed by atoms with Crippen molar-refractivity contribution in [2.24, 2.45) is 11.7 Å². The summed E-state index contributed by atoms with van der Waals surface area (Å²) in [6.07, 6.45) is 0.122. The van der Waals surface area contributed by atoms with Gasteiger partial charge in [-0.3, -0.25) is 4.79 Å². The Morgan fingerprint density at radius 1 is 1.42 bits per heavy atom. The van der Waals surface area contributed by atoms with Gasteiger partial charge in [0.2, 0.25) is 5.91 Å². The number of hydrogen-bond acceptors (Lipinski definition) is 3. The fourth-order valence-corrected chi connectivity index (χ4v) is 1.43. The maximum absolute atomic E-state index is 13.2. The first-order chi connectivity index (χ1) is 8.81. The summed E-state index contributed by atoms with van der Waals surface area (Å²) in [5.74, 6) is -2.39. The molecule has 0 aliphatic heterocycles. The van der Waals surface area contributed by atoms with Crippen molar-refractivity contribution in [1.82, 2.24) is 0 Å². The molecule has 0 saturated carbocycles. The molecule has 1 amide bonds. The Balaban J connectivity index is 2.75. The lowest BCUT2D eigenvalue weighted by atomic mass is 10.0. The summed E-state index contributed by atoms with van der Waals surface area (Å²) >= 11 is 0. The van der Waals surface area contributed by atoms with Crippen molar-refractivity contribution < 1.29 is 19.1 Å². The lowest BCUT2D eigenvalue weighted by Gasteiger charge is -2.15.